The molecule has 0 N–H and O–H groups in total. The SMILES string of the molecule is CCON=C1CC(c2ccccc2)CC(=O)C1C(=O)Cc1cccc2ccccc12. The van der Waals surface area contributed by atoms with Gasteiger partial charge in [0.25, 0.3) is 0 Å². The van der Waals surface area contributed by atoms with Crippen LogP contribution in [0.5, 0.6) is 0 Å². The minimum Gasteiger partial charge on any atom is -0.396 e. The average Bonchev–Trinajstić information content (AvgIpc) is 2.78. The van der Waals surface area contributed by atoms with Crippen molar-refractivity contribution >= 4 is 28.1 Å². The molecule has 1 saturated carbocycles. The third-order valence-corrected chi connectivity index (χ3v) is 5.71. The predicted octanol–water partition coefficient (Wildman–Crippen LogP) is 5.11. The van der Waals surface area contributed by atoms with Crippen LogP contribution in [0.4, 0.5) is 0 Å². The zero-order chi connectivity index (χ0) is 20.9. The van der Waals surface area contributed by atoms with Crippen LogP contribution in [-0.2, 0) is 20.8 Å². The minimum atomic E-state index is -0.824. The first-order valence-corrected chi connectivity index (χ1v) is 10.4. The van der Waals surface area contributed by atoms with E-state index in [0.717, 1.165) is 21.9 Å². The van der Waals surface area contributed by atoms with Crippen molar-refractivity contribution in [2.24, 2.45) is 11.1 Å². The molecule has 2 unspecified atom stereocenters. The number of hydrogen-bond donors (Lipinski definition) is 0. The van der Waals surface area contributed by atoms with E-state index in [-0.39, 0.29) is 23.9 Å². The van der Waals surface area contributed by atoms with E-state index in [0.29, 0.717) is 25.2 Å². The summed E-state index contributed by atoms with van der Waals surface area (Å²) in [5.41, 5.74) is 2.58. The fourth-order valence-corrected chi connectivity index (χ4v) is 4.29. The number of oxime groups is 1. The van der Waals surface area contributed by atoms with E-state index in [1.165, 1.54) is 0 Å². The molecule has 0 aliphatic heterocycles. The largest absolute Gasteiger partial charge is 0.396 e. The number of ketones is 2. The van der Waals surface area contributed by atoms with Crippen LogP contribution in [0, 0.1) is 5.92 Å². The van der Waals surface area contributed by atoms with Crippen molar-refractivity contribution in [2.45, 2.75) is 32.1 Å². The van der Waals surface area contributed by atoms with E-state index in [1.807, 2.05) is 79.7 Å². The maximum absolute atomic E-state index is 13.3. The van der Waals surface area contributed by atoms with Crippen LogP contribution in [0.15, 0.2) is 78.0 Å². The molecular formula is C26H25NO3. The number of hydrogen-bond acceptors (Lipinski definition) is 4. The highest BCUT2D eigenvalue weighted by molar-refractivity contribution is 6.23. The number of rotatable bonds is 6. The van der Waals surface area contributed by atoms with Gasteiger partial charge in [0.1, 0.15) is 18.3 Å². The molecule has 2 atom stereocenters. The molecule has 0 spiro atoms. The third-order valence-electron chi connectivity index (χ3n) is 5.71. The second-order valence-corrected chi connectivity index (χ2v) is 7.70. The van der Waals surface area contributed by atoms with Gasteiger partial charge in [0.05, 0.1) is 5.71 Å². The van der Waals surface area contributed by atoms with Crippen molar-refractivity contribution in [3.05, 3.63) is 83.9 Å². The molecule has 1 aliphatic rings. The van der Waals surface area contributed by atoms with Gasteiger partial charge in [-0.15, -0.1) is 0 Å². The van der Waals surface area contributed by atoms with E-state index in [4.69, 9.17) is 4.84 Å². The number of nitrogens with zero attached hydrogens (tertiary/aromatic N) is 1. The zero-order valence-electron chi connectivity index (χ0n) is 17.1. The summed E-state index contributed by atoms with van der Waals surface area (Å²) >= 11 is 0. The van der Waals surface area contributed by atoms with Gasteiger partial charge in [-0.2, -0.15) is 0 Å². The summed E-state index contributed by atoms with van der Waals surface area (Å²) in [4.78, 5) is 31.7. The molecule has 4 rings (SSSR count). The van der Waals surface area contributed by atoms with Crippen molar-refractivity contribution in [1.82, 2.24) is 0 Å². The summed E-state index contributed by atoms with van der Waals surface area (Å²) in [6, 6.07) is 23.9. The molecule has 3 aromatic rings. The van der Waals surface area contributed by atoms with Crippen molar-refractivity contribution in [3.8, 4) is 0 Å². The normalized spacial score (nSPS) is 20.4. The van der Waals surface area contributed by atoms with Gasteiger partial charge in [0.15, 0.2) is 5.78 Å². The van der Waals surface area contributed by atoms with Crippen LogP contribution >= 0.6 is 0 Å². The highest BCUT2D eigenvalue weighted by Gasteiger charge is 2.39. The van der Waals surface area contributed by atoms with E-state index in [9.17, 15) is 9.59 Å². The zero-order valence-corrected chi connectivity index (χ0v) is 17.1. The van der Waals surface area contributed by atoms with Crippen LogP contribution in [0.3, 0.4) is 0 Å². The standard InChI is InChI=1S/C26H25NO3/c1-2-30-27-23-15-21(18-9-4-3-5-10-18)17-25(29)26(23)24(28)16-20-13-8-12-19-11-6-7-14-22(19)20/h3-14,21,26H,2,15-17H2,1H3. The maximum Gasteiger partial charge on any atom is 0.153 e. The lowest BCUT2D eigenvalue weighted by Crippen LogP contribution is -2.39. The fourth-order valence-electron chi connectivity index (χ4n) is 4.29. The first-order chi connectivity index (χ1) is 14.7. The van der Waals surface area contributed by atoms with Gasteiger partial charge in [-0.05, 0) is 41.2 Å². The molecule has 4 nitrogen and oxygen atoms in total. The first-order valence-electron chi connectivity index (χ1n) is 10.4. The topological polar surface area (TPSA) is 55.7 Å². The number of carbonyl (C=O) groups excluding carboxylic acids is 2. The van der Waals surface area contributed by atoms with Crippen molar-refractivity contribution in [3.63, 3.8) is 0 Å². The molecule has 0 amide bonds. The Balaban J connectivity index is 1.61. The molecule has 4 heteroatoms. The highest BCUT2D eigenvalue weighted by atomic mass is 16.6. The van der Waals surface area contributed by atoms with Gasteiger partial charge in [-0.25, -0.2) is 0 Å². The van der Waals surface area contributed by atoms with Crippen molar-refractivity contribution < 1.29 is 14.4 Å². The Bertz CT molecular complexity index is 1080. The van der Waals surface area contributed by atoms with E-state index in [2.05, 4.69) is 5.16 Å². The first kappa shape index (κ1) is 20.0. The summed E-state index contributed by atoms with van der Waals surface area (Å²) in [6.07, 6.45) is 1.11. The molecule has 0 saturated heterocycles. The van der Waals surface area contributed by atoms with Crippen LogP contribution in [-0.4, -0.2) is 23.9 Å². The molecule has 1 fully saturated rings. The molecule has 3 aromatic carbocycles. The Morgan fingerprint density at radius 2 is 1.70 bits per heavy atom. The number of Topliss-reactive ketones (excluding diaryl/α,β-unsaturated/α-hetero) is 2. The fraction of sp³-hybridized carbons (Fsp3) is 0.269. The molecule has 0 heterocycles. The Kier molecular flexibility index (Phi) is 6.03. The Morgan fingerprint density at radius 3 is 2.50 bits per heavy atom. The maximum atomic E-state index is 13.3. The van der Waals surface area contributed by atoms with Gasteiger partial charge in [-0.3, -0.25) is 9.59 Å². The molecule has 1 aliphatic carbocycles. The summed E-state index contributed by atoms with van der Waals surface area (Å²) in [7, 11) is 0. The molecule has 0 bridgehead atoms. The molecule has 152 valence electrons. The molecule has 0 radical (unpaired) electrons. The van der Waals surface area contributed by atoms with Crippen LogP contribution < -0.4 is 0 Å². The highest BCUT2D eigenvalue weighted by Crippen LogP contribution is 2.33. The van der Waals surface area contributed by atoms with E-state index in [1.54, 1.807) is 0 Å². The lowest BCUT2D eigenvalue weighted by Gasteiger charge is -2.28. The quantitative estimate of drug-likeness (QED) is 0.428. The van der Waals surface area contributed by atoms with Crippen LogP contribution in [0.1, 0.15) is 36.8 Å². The Labute approximate surface area is 176 Å². The summed E-state index contributed by atoms with van der Waals surface area (Å²) in [5, 5.41) is 6.34. The van der Waals surface area contributed by atoms with Crippen molar-refractivity contribution in [2.75, 3.05) is 6.61 Å². The second-order valence-electron chi connectivity index (χ2n) is 7.70. The average molecular weight is 399 g/mol. The second kappa shape index (κ2) is 9.04. The smallest absolute Gasteiger partial charge is 0.153 e. The molecule has 0 aromatic heterocycles. The summed E-state index contributed by atoms with van der Waals surface area (Å²) in [5.74, 6) is -0.977. The predicted molar refractivity (Wildman–Crippen MR) is 119 cm³/mol. The lowest BCUT2D eigenvalue weighted by atomic mass is 9.74. The van der Waals surface area contributed by atoms with E-state index >= 15 is 0 Å². The third kappa shape index (κ3) is 4.18. The monoisotopic (exact) mass is 399 g/mol. The van der Waals surface area contributed by atoms with Gasteiger partial charge in [0.2, 0.25) is 0 Å². The van der Waals surface area contributed by atoms with Gasteiger partial charge in [0, 0.05) is 12.8 Å². The summed E-state index contributed by atoms with van der Waals surface area (Å²) < 4.78 is 0. The van der Waals surface area contributed by atoms with Crippen molar-refractivity contribution in [1.29, 1.82) is 0 Å². The van der Waals surface area contributed by atoms with Crippen LogP contribution in [0.25, 0.3) is 10.8 Å². The van der Waals surface area contributed by atoms with E-state index < -0.39 is 5.92 Å². The number of fused-ring (bicyclic) bond motifs is 1. The lowest BCUT2D eigenvalue weighted by molar-refractivity contribution is -0.130. The number of benzene rings is 3. The van der Waals surface area contributed by atoms with Gasteiger partial charge >= 0.3 is 0 Å². The molecular weight excluding hydrogens is 374 g/mol. The Morgan fingerprint density at radius 1 is 0.967 bits per heavy atom. The van der Waals surface area contributed by atoms with Crippen LogP contribution in [0.2, 0.25) is 0 Å². The minimum absolute atomic E-state index is 0.0273. The summed E-state index contributed by atoms with van der Waals surface area (Å²) in [6.45, 7) is 2.24. The van der Waals surface area contributed by atoms with Gasteiger partial charge in [-0.1, -0.05) is 78.0 Å². The number of carbonyl (C=O) groups is 2. The Hall–Kier alpha value is -3.27. The molecule has 30 heavy (non-hydrogen) atoms. The van der Waals surface area contributed by atoms with Gasteiger partial charge < -0.3 is 4.84 Å².